The van der Waals surface area contributed by atoms with Crippen LogP contribution in [0.1, 0.15) is 29.2 Å². The number of H-pyrrole nitrogens is 1. The van der Waals surface area contributed by atoms with Gasteiger partial charge < -0.3 is 15.0 Å². The van der Waals surface area contributed by atoms with Crippen molar-refractivity contribution in [3.8, 4) is 5.75 Å². The molecule has 9 heteroatoms. The van der Waals surface area contributed by atoms with Gasteiger partial charge >= 0.3 is 5.97 Å². The molecule has 1 aromatic heterocycles. The van der Waals surface area contributed by atoms with Crippen LogP contribution in [0.5, 0.6) is 5.75 Å². The molecule has 4 heterocycles. The molecule has 4 atom stereocenters. The fraction of sp³-hybridized carbons (Fsp3) is 0.250. The van der Waals surface area contributed by atoms with Gasteiger partial charge in [0.2, 0.25) is 17.7 Å². The number of hydrogen-bond acceptors (Lipinski definition) is 6. The van der Waals surface area contributed by atoms with Crippen molar-refractivity contribution < 1.29 is 23.9 Å². The lowest BCUT2D eigenvalue weighted by molar-refractivity contribution is -0.132. The van der Waals surface area contributed by atoms with E-state index in [1.54, 1.807) is 24.3 Å². The number of amides is 3. The topological polar surface area (TPSA) is 121 Å². The number of hydrogen-bond donors (Lipinski definition) is 3. The minimum absolute atomic E-state index is 0.311. The zero-order valence-corrected chi connectivity index (χ0v) is 22.8. The Hall–Kier alpha value is -4.76. The molecule has 2 saturated heterocycles. The zero-order chi connectivity index (χ0) is 28.6. The van der Waals surface area contributed by atoms with Gasteiger partial charge in [-0.3, -0.25) is 24.5 Å². The van der Waals surface area contributed by atoms with E-state index >= 15 is 0 Å². The number of imide groups is 1. The molecule has 3 aromatic carbocycles. The summed E-state index contributed by atoms with van der Waals surface area (Å²) in [6, 6.07) is 17.6. The normalized spacial score (nSPS) is 24.7. The van der Waals surface area contributed by atoms with Crippen LogP contribution in [0.3, 0.4) is 0 Å². The molecule has 9 nitrogen and oxygen atoms in total. The summed E-state index contributed by atoms with van der Waals surface area (Å²) in [5.41, 5.74) is 4.19. The highest BCUT2D eigenvalue weighted by atomic mass is 16.5. The van der Waals surface area contributed by atoms with Gasteiger partial charge in [0.1, 0.15) is 11.3 Å². The van der Waals surface area contributed by atoms with Crippen LogP contribution in [0.4, 0.5) is 11.4 Å². The molecule has 7 rings (SSSR count). The molecule has 0 radical (unpaired) electrons. The maximum atomic E-state index is 14.3. The Morgan fingerprint density at radius 1 is 1.00 bits per heavy atom. The summed E-state index contributed by atoms with van der Waals surface area (Å²) in [7, 11) is 0. The third-order valence-corrected chi connectivity index (χ3v) is 8.64. The Morgan fingerprint density at radius 3 is 2.51 bits per heavy atom. The van der Waals surface area contributed by atoms with Gasteiger partial charge in [-0.2, -0.15) is 0 Å². The van der Waals surface area contributed by atoms with Crippen LogP contribution in [0.25, 0.3) is 10.9 Å². The van der Waals surface area contributed by atoms with Gasteiger partial charge in [-0.05, 0) is 61.7 Å². The maximum Gasteiger partial charge on any atom is 0.308 e. The van der Waals surface area contributed by atoms with Crippen molar-refractivity contribution in [3.63, 3.8) is 0 Å². The highest BCUT2D eigenvalue weighted by Crippen LogP contribution is 2.54. The van der Waals surface area contributed by atoms with Gasteiger partial charge in [0, 0.05) is 41.3 Å². The van der Waals surface area contributed by atoms with Gasteiger partial charge in [0.15, 0.2) is 0 Å². The van der Waals surface area contributed by atoms with E-state index < -0.39 is 35.3 Å². The number of aryl methyl sites for hydroxylation is 2. The highest BCUT2D eigenvalue weighted by Gasteiger charge is 2.70. The second kappa shape index (κ2) is 8.87. The number of aromatic nitrogens is 1. The molecule has 3 aliphatic heterocycles. The maximum absolute atomic E-state index is 14.3. The molecule has 41 heavy (non-hydrogen) atoms. The van der Waals surface area contributed by atoms with E-state index in [9.17, 15) is 19.2 Å². The van der Waals surface area contributed by atoms with Crippen molar-refractivity contribution in [2.24, 2.45) is 11.8 Å². The number of ether oxygens (including phenoxy) is 1. The average Bonchev–Trinajstić information content (AvgIpc) is 3.64. The fourth-order valence-corrected chi connectivity index (χ4v) is 7.05. The number of benzene rings is 3. The molecular formula is C32H28N4O5. The lowest BCUT2D eigenvalue weighted by atomic mass is 9.75. The number of nitrogens with zero attached hydrogens (tertiary/aromatic N) is 1. The van der Waals surface area contributed by atoms with E-state index in [2.05, 4.69) is 15.6 Å². The highest BCUT2D eigenvalue weighted by molar-refractivity contribution is 6.26. The Kier molecular flexibility index (Phi) is 5.46. The number of carbonyl (C=O) groups is 4. The standard InChI is InChI=1S/C32H28N4O5/c1-16-12-17(2)28-23(13-16)32(31(40)34-28)27-26(25(35-32)14-19-15-33-24-7-5-4-6-22(19)24)29(38)36(30(27)39)20-8-10-21(11-9-20)41-18(3)37/h4-13,15,25-27,33,35H,14H2,1-3H3,(H,34,40)/t25-,26+,27-,32-/m0/s1. The summed E-state index contributed by atoms with van der Waals surface area (Å²) in [6.45, 7) is 5.19. The number of esters is 1. The fourth-order valence-electron chi connectivity index (χ4n) is 7.05. The van der Waals surface area contributed by atoms with Crippen molar-refractivity contribution in [1.29, 1.82) is 0 Å². The second-order valence-corrected chi connectivity index (χ2v) is 11.2. The monoisotopic (exact) mass is 548 g/mol. The molecule has 2 fully saturated rings. The summed E-state index contributed by atoms with van der Waals surface area (Å²) < 4.78 is 5.13. The second-order valence-electron chi connectivity index (χ2n) is 11.2. The molecule has 0 bridgehead atoms. The molecule has 206 valence electrons. The van der Waals surface area contributed by atoms with E-state index in [1.165, 1.54) is 11.8 Å². The molecule has 3 N–H and O–H groups in total. The predicted molar refractivity (Wildman–Crippen MR) is 152 cm³/mol. The number of aromatic amines is 1. The van der Waals surface area contributed by atoms with Crippen molar-refractivity contribution >= 4 is 46.0 Å². The molecule has 4 aromatic rings. The summed E-state index contributed by atoms with van der Waals surface area (Å²) in [5, 5.41) is 7.60. The number of nitrogens with one attached hydrogen (secondary N) is 3. The Morgan fingerprint density at radius 2 is 1.76 bits per heavy atom. The number of anilines is 2. The van der Waals surface area contributed by atoms with E-state index in [0.717, 1.165) is 27.6 Å². The van der Waals surface area contributed by atoms with Crippen LogP contribution in [0.2, 0.25) is 0 Å². The molecule has 1 spiro atoms. The lowest BCUT2D eigenvalue weighted by Gasteiger charge is -2.30. The first-order valence-electron chi connectivity index (χ1n) is 13.6. The van der Waals surface area contributed by atoms with Crippen molar-refractivity contribution in [2.45, 2.75) is 38.8 Å². The molecule has 0 unspecified atom stereocenters. The Balaban J connectivity index is 1.35. The first-order valence-corrected chi connectivity index (χ1v) is 13.6. The number of para-hydroxylation sites is 1. The summed E-state index contributed by atoms with van der Waals surface area (Å²) >= 11 is 0. The SMILES string of the molecule is CC(=O)Oc1ccc(N2C(=O)[C@@H]3[C@H](Cc4c[nH]c5ccccc45)N[C@]4(C(=O)Nc5c(C)cc(C)cc54)[C@@H]3C2=O)cc1. The summed E-state index contributed by atoms with van der Waals surface area (Å²) in [5.74, 6) is -3.00. The largest absolute Gasteiger partial charge is 0.427 e. The van der Waals surface area contributed by atoms with E-state index in [-0.39, 0.29) is 11.8 Å². The number of fused-ring (bicyclic) bond motifs is 5. The van der Waals surface area contributed by atoms with Crippen LogP contribution in [0.15, 0.2) is 66.9 Å². The number of carbonyl (C=O) groups excluding carboxylic acids is 4. The molecular weight excluding hydrogens is 520 g/mol. The van der Waals surface area contributed by atoms with Gasteiger partial charge in [-0.25, -0.2) is 4.90 Å². The first kappa shape index (κ1) is 25.2. The van der Waals surface area contributed by atoms with Crippen LogP contribution < -0.4 is 20.3 Å². The van der Waals surface area contributed by atoms with Gasteiger partial charge in [0.25, 0.3) is 0 Å². The van der Waals surface area contributed by atoms with Crippen molar-refractivity contribution in [1.82, 2.24) is 10.3 Å². The van der Waals surface area contributed by atoms with Gasteiger partial charge in [-0.1, -0.05) is 35.9 Å². The molecule has 3 amide bonds. The third kappa shape index (κ3) is 3.58. The molecule has 0 saturated carbocycles. The zero-order valence-electron chi connectivity index (χ0n) is 22.8. The predicted octanol–water partition coefficient (Wildman–Crippen LogP) is 3.88. The smallest absolute Gasteiger partial charge is 0.308 e. The van der Waals surface area contributed by atoms with Crippen LogP contribution >= 0.6 is 0 Å². The van der Waals surface area contributed by atoms with E-state index in [1.807, 2.05) is 56.4 Å². The lowest BCUT2D eigenvalue weighted by Crippen LogP contribution is -2.53. The third-order valence-electron chi connectivity index (χ3n) is 8.64. The molecule has 0 aliphatic carbocycles. The number of rotatable bonds is 4. The summed E-state index contributed by atoms with van der Waals surface area (Å²) in [6.07, 6.45) is 2.37. The molecule has 3 aliphatic rings. The average molecular weight is 549 g/mol. The Bertz CT molecular complexity index is 1790. The Labute approximate surface area is 235 Å². The van der Waals surface area contributed by atoms with Crippen LogP contribution in [0, 0.1) is 25.7 Å². The van der Waals surface area contributed by atoms with Crippen LogP contribution in [-0.4, -0.2) is 34.7 Å². The summed E-state index contributed by atoms with van der Waals surface area (Å²) in [4.78, 5) is 58.3. The van der Waals surface area contributed by atoms with Crippen molar-refractivity contribution in [3.05, 3.63) is 89.1 Å². The van der Waals surface area contributed by atoms with Gasteiger partial charge in [0.05, 0.1) is 17.5 Å². The van der Waals surface area contributed by atoms with E-state index in [4.69, 9.17) is 4.74 Å². The van der Waals surface area contributed by atoms with Gasteiger partial charge in [-0.15, -0.1) is 0 Å². The first-order chi connectivity index (χ1) is 19.7. The quantitative estimate of drug-likeness (QED) is 0.202. The van der Waals surface area contributed by atoms with E-state index in [0.29, 0.717) is 29.1 Å². The van der Waals surface area contributed by atoms with Crippen molar-refractivity contribution in [2.75, 3.05) is 10.2 Å². The minimum atomic E-state index is -1.40. The minimum Gasteiger partial charge on any atom is -0.427 e. The van der Waals surface area contributed by atoms with Crippen LogP contribution in [-0.2, 0) is 31.1 Å².